The van der Waals surface area contributed by atoms with E-state index in [2.05, 4.69) is 96.0 Å². The Hall–Kier alpha value is -6.85. The number of para-hydroxylation sites is 2. The highest BCUT2D eigenvalue weighted by molar-refractivity contribution is 6.17. The van der Waals surface area contributed by atoms with E-state index in [1.54, 1.807) is 0 Å². The third-order valence-electron chi connectivity index (χ3n) is 9.39. The molecule has 0 atom stereocenters. The Balaban J connectivity index is 1.18. The van der Waals surface area contributed by atoms with Crippen molar-refractivity contribution < 1.29 is 8.83 Å². The van der Waals surface area contributed by atoms with Crippen LogP contribution in [0.3, 0.4) is 0 Å². The lowest BCUT2D eigenvalue weighted by Gasteiger charge is -2.12. The maximum absolute atomic E-state index is 6.69. The first-order valence-electron chi connectivity index (χ1n) is 16.6. The zero-order valence-electron chi connectivity index (χ0n) is 26.7. The predicted molar refractivity (Wildman–Crippen MR) is 202 cm³/mol. The molecule has 0 aliphatic rings. The quantitative estimate of drug-likeness (QED) is 0.187. The zero-order valence-corrected chi connectivity index (χ0v) is 26.7. The molecule has 0 saturated heterocycles. The van der Waals surface area contributed by atoms with Crippen molar-refractivity contribution in [3.8, 4) is 56.3 Å². The average Bonchev–Trinajstić information content (AvgIpc) is 3.77. The van der Waals surface area contributed by atoms with Crippen molar-refractivity contribution in [3.05, 3.63) is 164 Å². The number of benzene rings is 6. The first-order chi connectivity index (χ1) is 24.8. The van der Waals surface area contributed by atoms with Crippen molar-refractivity contribution in [2.45, 2.75) is 0 Å². The number of aromatic nitrogens is 3. The number of rotatable bonds is 5. The van der Waals surface area contributed by atoms with Gasteiger partial charge < -0.3 is 8.83 Å². The largest absolute Gasteiger partial charge is 0.456 e. The molecule has 0 aliphatic carbocycles. The van der Waals surface area contributed by atoms with E-state index >= 15 is 0 Å². The normalized spacial score (nSPS) is 11.6. The highest BCUT2D eigenvalue weighted by Crippen LogP contribution is 2.43. The minimum atomic E-state index is 0.661. The lowest BCUT2D eigenvalue weighted by Crippen LogP contribution is -1.96. The van der Waals surface area contributed by atoms with E-state index in [0.29, 0.717) is 5.82 Å². The summed E-state index contributed by atoms with van der Waals surface area (Å²) in [6, 6.07) is 53.6. The molecule has 5 nitrogen and oxygen atoms in total. The van der Waals surface area contributed by atoms with Gasteiger partial charge in [0.1, 0.15) is 22.3 Å². The minimum Gasteiger partial charge on any atom is -0.456 e. The van der Waals surface area contributed by atoms with Crippen LogP contribution in [-0.2, 0) is 0 Å². The zero-order chi connectivity index (χ0) is 33.0. The van der Waals surface area contributed by atoms with Crippen molar-refractivity contribution in [1.29, 1.82) is 0 Å². The Morgan fingerprint density at radius 1 is 0.380 bits per heavy atom. The maximum Gasteiger partial charge on any atom is 0.160 e. The highest BCUT2D eigenvalue weighted by atomic mass is 16.3. The second kappa shape index (κ2) is 11.4. The van der Waals surface area contributed by atoms with Crippen LogP contribution >= 0.6 is 0 Å². The maximum atomic E-state index is 6.69. The van der Waals surface area contributed by atoms with Gasteiger partial charge in [-0.1, -0.05) is 109 Å². The third kappa shape index (κ3) is 4.67. The minimum absolute atomic E-state index is 0.661. The van der Waals surface area contributed by atoms with Crippen LogP contribution in [0.15, 0.2) is 173 Å². The summed E-state index contributed by atoms with van der Waals surface area (Å²) >= 11 is 0. The smallest absolute Gasteiger partial charge is 0.160 e. The molecule has 5 heteroatoms. The van der Waals surface area contributed by atoms with Gasteiger partial charge in [0.05, 0.1) is 17.1 Å². The summed E-state index contributed by atoms with van der Waals surface area (Å²) in [7, 11) is 0. The second-order valence-electron chi connectivity index (χ2n) is 12.4. The Morgan fingerprint density at radius 3 is 1.82 bits per heavy atom. The predicted octanol–water partition coefficient (Wildman–Crippen LogP) is 12.0. The highest BCUT2D eigenvalue weighted by Gasteiger charge is 2.20. The fourth-order valence-electron chi connectivity index (χ4n) is 6.96. The molecule has 10 rings (SSSR count). The summed E-state index contributed by atoms with van der Waals surface area (Å²) in [6.45, 7) is 0. The van der Waals surface area contributed by atoms with Gasteiger partial charge in [0.25, 0.3) is 0 Å². The second-order valence-corrected chi connectivity index (χ2v) is 12.4. The number of furan rings is 2. The first kappa shape index (κ1) is 28.2. The molecule has 0 unspecified atom stereocenters. The van der Waals surface area contributed by atoms with Gasteiger partial charge in [0, 0.05) is 55.6 Å². The molecule has 10 aromatic rings. The standard InChI is InChI=1S/C45H27N3O2/c1-2-10-30(11-3-1)45-47-38(29-19-17-28(18-20-29)37-14-8-9-25-46-37)27-39(48-45)34-23-22-32(44-43(34)35-13-5-7-16-41(35)50-44)31-21-24-42-36(26-31)33-12-4-6-15-40(33)49-42/h1-27H. The van der Waals surface area contributed by atoms with Crippen LogP contribution < -0.4 is 0 Å². The molecule has 50 heavy (non-hydrogen) atoms. The lowest BCUT2D eigenvalue weighted by molar-refractivity contribution is 0.668. The van der Waals surface area contributed by atoms with Crippen molar-refractivity contribution in [2.75, 3.05) is 0 Å². The molecule has 0 bridgehead atoms. The molecule has 0 fully saturated rings. The summed E-state index contributed by atoms with van der Waals surface area (Å²) in [5.74, 6) is 0.661. The van der Waals surface area contributed by atoms with Gasteiger partial charge in [-0.2, -0.15) is 0 Å². The molecule has 0 saturated carbocycles. The summed E-state index contributed by atoms with van der Waals surface area (Å²) in [5, 5.41) is 4.23. The first-order valence-corrected chi connectivity index (χ1v) is 16.6. The van der Waals surface area contributed by atoms with Crippen molar-refractivity contribution in [2.24, 2.45) is 0 Å². The van der Waals surface area contributed by atoms with Gasteiger partial charge in [0.2, 0.25) is 0 Å². The van der Waals surface area contributed by atoms with Crippen LogP contribution in [0.1, 0.15) is 0 Å². The molecule has 4 heterocycles. The van der Waals surface area contributed by atoms with E-state index in [0.717, 1.165) is 94.3 Å². The number of hydrogen-bond donors (Lipinski definition) is 0. The Labute approximate surface area is 287 Å². The van der Waals surface area contributed by atoms with Gasteiger partial charge in [-0.3, -0.25) is 4.98 Å². The lowest BCUT2D eigenvalue weighted by atomic mass is 9.95. The topological polar surface area (TPSA) is 65.0 Å². The van der Waals surface area contributed by atoms with Crippen LogP contribution in [0.25, 0.3) is 100 Å². The van der Waals surface area contributed by atoms with Crippen LogP contribution in [-0.4, -0.2) is 15.0 Å². The molecule has 4 aromatic heterocycles. The van der Waals surface area contributed by atoms with E-state index in [1.165, 1.54) is 0 Å². The number of pyridine rings is 1. The Bertz CT molecular complexity index is 2850. The van der Waals surface area contributed by atoms with E-state index < -0.39 is 0 Å². The van der Waals surface area contributed by atoms with Gasteiger partial charge >= 0.3 is 0 Å². The molecule has 0 spiro atoms. The van der Waals surface area contributed by atoms with Gasteiger partial charge in [-0.05, 0) is 54.1 Å². The van der Waals surface area contributed by atoms with Crippen LogP contribution in [0.4, 0.5) is 0 Å². The van der Waals surface area contributed by atoms with Crippen LogP contribution in [0.2, 0.25) is 0 Å². The summed E-state index contributed by atoms with van der Waals surface area (Å²) in [4.78, 5) is 14.8. The molecule has 0 amide bonds. The van der Waals surface area contributed by atoms with E-state index in [-0.39, 0.29) is 0 Å². The molecular formula is C45H27N3O2. The Morgan fingerprint density at radius 2 is 1.02 bits per heavy atom. The molecule has 6 aromatic carbocycles. The van der Waals surface area contributed by atoms with Gasteiger partial charge in [-0.25, -0.2) is 9.97 Å². The number of nitrogens with zero attached hydrogens (tertiary/aromatic N) is 3. The fourth-order valence-corrected chi connectivity index (χ4v) is 6.96. The molecule has 0 N–H and O–H groups in total. The number of hydrogen-bond acceptors (Lipinski definition) is 5. The molecular weight excluding hydrogens is 615 g/mol. The number of fused-ring (bicyclic) bond motifs is 6. The van der Waals surface area contributed by atoms with E-state index in [9.17, 15) is 0 Å². The van der Waals surface area contributed by atoms with Crippen LogP contribution in [0.5, 0.6) is 0 Å². The molecule has 0 radical (unpaired) electrons. The summed E-state index contributed by atoms with van der Waals surface area (Å²) in [5.41, 5.74) is 12.0. The van der Waals surface area contributed by atoms with E-state index in [4.69, 9.17) is 18.8 Å². The fraction of sp³-hybridized carbons (Fsp3) is 0. The van der Waals surface area contributed by atoms with Crippen molar-refractivity contribution >= 4 is 43.9 Å². The van der Waals surface area contributed by atoms with Crippen molar-refractivity contribution in [1.82, 2.24) is 15.0 Å². The SMILES string of the molecule is c1ccc(-c2nc(-c3ccc(-c4ccccn4)cc3)cc(-c3ccc(-c4ccc5oc6ccccc6c5c4)c4oc5ccccc5c34)n2)cc1. The van der Waals surface area contributed by atoms with Crippen LogP contribution in [0, 0.1) is 0 Å². The monoisotopic (exact) mass is 641 g/mol. The summed E-state index contributed by atoms with van der Waals surface area (Å²) < 4.78 is 12.8. The van der Waals surface area contributed by atoms with E-state index in [1.807, 2.05) is 72.9 Å². The Kier molecular flexibility index (Phi) is 6.42. The van der Waals surface area contributed by atoms with Gasteiger partial charge in [-0.15, -0.1) is 0 Å². The molecule has 234 valence electrons. The van der Waals surface area contributed by atoms with Crippen molar-refractivity contribution in [3.63, 3.8) is 0 Å². The molecule has 0 aliphatic heterocycles. The third-order valence-corrected chi connectivity index (χ3v) is 9.39. The van der Waals surface area contributed by atoms with Gasteiger partial charge in [0.15, 0.2) is 5.82 Å². The average molecular weight is 642 g/mol. The summed E-state index contributed by atoms with van der Waals surface area (Å²) in [6.07, 6.45) is 1.81.